The second-order valence-electron chi connectivity index (χ2n) is 4.29. The van der Waals surface area contributed by atoms with Gasteiger partial charge in [-0.15, -0.1) is 11.3 Å². The molecule has 0 fully saturated rings. The van der Waals surface area contributed by atoms with E-state index in [1.165, 1.54) is 10.4 Å². The van der Waals surface area contributed by atoms with Crippen LogP contribution in [0.2, 0.25) is 0 Å². The average molecular weight is 251 g/mol. The predicted octanol–water partition coefficient (Wildman–Crippen LogP) is 3.66. The Kier molecular flexibility index (Phi) is 4.63. The highest BCUT2D eigenvalue weighted by atomic mass is 32.1. The molecule has 1 aliphatic heterocycles. The average Bonchev–Trinajstić information content (AvgIpc) is 3.00. The van der Waals surface area contributed by atoms with E-state index in [1.807, 2.05) is 11.3 Å². The molecule has 0 spiro atoms. The maximum atomic E-state index is 5.74. The summed E-state index contributed by atoms with van der Waals surface area (Å²) in [5.41, 5.74) is 1.44. The summed E-state index contributed by atoms with van der Waals surface area (Å²) in [5, 5.41) is 5.79. The second-order valence-corrected chi connectivity index (χ2v) is 5.24. The Hall–Kier alpha value is -0.800. The summed E-state index contributed by atoms with van der Waals surface area (Å²) in [6.45, 7) is 6.29. The lowest BCUT2D eigenvalue weighted by Crippen LogP contribution is -2.24. The van der Waals surface area contributed by atoms with Crippen LogP contribution in [0.5, 0.6) is 0 Å². The molecule has 0 aromatic carbocycles. The zero-order valence-electron chi connectivity index (χ0n) is 10.7. The van der Waals surface area contributed by atoms with Gasteiger partial charge in [0.2, 0.25) is 0 Å². The van der Waals surface area contributed by atoms with Crippen LogP contribution in [0.3, 0.4) is 0 Å². The van der Waals surface area contributed by atoms with Crippen molar-refractivity contribution in [3.8, 4) is 0 Å². The van der Waals surface area contributed by atoms with Gasteiger partial charge in [-0.3, -0.25) is 0 Å². The number of rotatable bonds is 6. The first-order chi connectivity index (χ1) is 8.36. The van der Waals surface area contributed by atoms with E-state index in [0.717, 1.165) is 38.2 Å². The Morgan fingerprint density at radius 3 is 3.00 bits per heavy atom. The molecule has 1 aromatic rings. The van der Waals surface area contributed by atoms with Crippen LogP contribution in [0.25, 0.3) is 0 Å². The third-order valence-electron chi connectivity index (χ3n) is 3.04. The molecule has 0 amide bonds. The molecular formula is C14H21NOS. The Labute approximate surface area is 108 Å². The molecule has 0 aliphatic carbocycles. The molecule has 0 bridgehead atoms. The molecule has 0 radical (unpaired) electrons. The van der Waals surface area contributed by atoms with Crippen molar-refractivity contribution < 1.29 is 4.74 Å². The monoisotopic (exact) mass is 251 g/mol. The van der Waals surface area contributed by atoms with E-state index in [9.17, 15) is 0 Å². The predicted molar refractivity (Wildman–Crippen MR) is 73.4 cm³/mol. The van der Waals surface area contributed by atoms with Gasteiger partial charge >= 0.3 is 0 Å². The number of thiophene rings is 1. The summed E-state index contributed by atoms with van der Waals surface area (Å²) in [6.07, 6.45) is 5.52. The van der Waals surface area contributed by atoms with E-state index < -0.39 is 0 Å². The Balaban J connectivity index is 2.19. The summed E-state index contributed by atoms with van der Waals surface area (Å²) in [6, 6.07) is 2.50. The van der Waals surface area contributed by atoms with Crippen molar-refractivity contribution >= 4 is 11.3 Å². The first-order valence-electron chi connectivity index (χ1n) is 6.49. The van der Waals surface area contributed by atoms with Crippen molar-refractivity contribution in [1.82, 2.24) is 5.32 Å². The molecule has 94 valence electrons. The number of ether oxygens (including phenoxy) is 1. The maximum absolute atomic E-state index is 5.74. The highest BCUT2D eigenvalue weighted by Crippen LogP contribution is 2.32. The van der Waals surface area contributed by atoms with Gasteiger partial charge in [-0.25, -0.2) is 0 Å². The summed E-state index contributed by atoms with van der Waals surface area (Å²) in [5.74, 6) is 1.12. The first-order valence-corrected chi connectivity index (χ1v) is 7.37. The topological polar surface area (TPSA) is 21.3 Å². The molecule has 2 heterocycles. The molecule has 1 aliphatic rings. The molecule has 1 aromatic heterocycles. The van der Waals surface area contributed by atoms with Gasteiger partial charge in [-0.1, -0.05) is 13.8 Å². The summed E-state index contributed by atoms with van der Waals surface area (Å²) in [4.78, 5) is 1.43. The van der Waals surface area contributed by atoms with Crippen molar-refractivity contribution in [3.05, 3.63) is 33.7 Å². The third kappa shape index (κ3) is 2.90. The molecule has 2 rings (SSSR count). The normalized spacial score (nSPS) is 16.7. The minimum absolute atomic E-state index is 0.271. The lowest BCUT2D eigenvalue weighted by molar-refractivity contribution is 0.216. The molecule has 2 nitrogen and oxygen atoms in total. The van der Waals surface area contributed by atoms with E-state index in [-0.39, 0.29) is 6.04 Å². The SMILES string of the molecule is CCCNC(C1=CCCO1)c1sccc1CC. The summed E-state index contributed by atoms with van der Waals surface area (Å²) >= 11 is 1.84. The highest BCUT2D eigenvalue weighted by Gasteiger charge is 2.23. The quantitative estimate of drug-likeness (QED) is 0.833. The van der Waals surface area contributed by atoms with E-state index in [2.05, 4.69) is 36.7 Å². The molecular weight excluding hydrogens is 230 g/mol. The van der Waals surface area contributed by atoms with E-state index in [0.29, 0.717) is 0 Å². The molecule has 1 unspecified atom stereocenters. The molecule has 0 saturated carbocycles. The van der Waals surface area contributed by atoms with Gasteiger partial charge in [-0.05, 0) is 42.5 Å². The van der Waals surface area contributed by atoms with Gasteiger partial charge in [0.15, 0.2) is 0 Å². The fourth-order valence-electron chi connectivity index (χ4n) is 2.14. The maximum Gasteiger partial charge on any atom is 0.114 e. The molecule has 3 heteroatoms. The lowest BCUT2D eigenvalue weighted by atomic mass is 10.1. The standard InChI is InChI=1S/C14H21NOS/c1-3-8-15-13(12-6-5-9-16-12)14-11(4-2)7-10-17-14/h6-7,10,13,15H,3-5,8-9H2,1-2H3. The van der Waals surface area contributed by atoms with Crippen molar-refractivity contribution in [2.24, 2.45) is 0 Å². The van der Waals surface area contributed by atoms with E-state index in [1.54, 1.807) is 0 Å². The van der Waals surface area contributed by atoms with Gasteiger partial charge in [0.1, 0.15) is 5.76 Å². The van der Waals surface area contributed by atoms with Gasteiger partial charge in [0.05, 0.1) is 12.6 Å². The van der Waals surface area contributed by atoms with Crippen LogP contribution in [0.4, 0.5) is 0 Å². The van der Waals surface area contributed by atoms with Crippen LogP contribution in [0.15, 0.2) is 23.3 Å². The summed E-state index contributed by atoms with van der Waals surface area (Å²) in [7, 11) is 0. The Morgan fingerprint density at radius 1 is 1.47 bits per heavy atom. The second kappa shape index (κ2) is 6.22. The van der Waals surface area contributed by atoms with E-state index in [4.69, 9.17) is 4.74 Å². The molecule has 17 heavy (non-hydrogen) atoms. The van der Waals surface area contributed by atoms with Crippen LogP contribution in [-0.4, -0.2) is 13.2 Å². The van der Waals surface area contributed by atoms with Crippen LogP contribution < -0.4 is 5.32 Å². The largest absolute Gasteiger partial charge is 0.496 e. The summed E-state index contributed by atoms with van der Waals surface area (Å²) < 4.78 is 5.74. The number of hydrogen-bond acceptors (Lipinski definition) is 3. The lowest BCUT2D eigenvalue weighted by Gasteiger charge is -2.20. The first kappa shape index (κ1) is 12.7. The number of hydrogen-bond donors (Lipinski definition) is 1. The van der Waals surface area contributed by atoms with Gasteiger partial charge in [0.25, 0.3) is 0 Å². The van der Waals surface area contributed by atoms with Gasteiger partial charge in [-0.2, -0.15) is 0 Å². The van der Waals surface area contributed by atoms with E-state index >= 15 is 0 Å². The Morgan fingerprint density at radius 2 is 2.35 bits per heavy atom. The zero-order chi connectivity index (χ0) is 12.1. The van der Waals surface area contributed by atoms with Crippen LogP contribution >= 0.6 is 11.3 Å². The number of aryl methyl sites for hydroxylation is 1. The van der Waals surface area contributed by atoms with Crippen molar-refractivity contribution in [2.45, 2.75) is 39.2 Å². The van der Waals surface area contributed by atoms with Gasteiger partial charge in [0, 0.05) is 11.3 Å². The molecule has 1 atom stereocenters. The number of nitrogens with one attached hydrogen (secondary N) is 1. The fraction of sp³-hybridized carbons (Fsp3) is 0.571. The van der Waals surface area contributed by atoms with Crippen molar-refractivity contribution in [2.75, 3.05) is 13.2 Å². The smallest absolute Gasteiger partial charge is 0.114 e. The molecule has 0 saturated heterocycles. The minimum atomic E-state index is 0.271. The molecule has 1 N–H and O–H groups in total. The third-order valence-corrected chi connectivity index (χ3v) is 4.06. The van der Waals surface area contributed by atoms with Crippen molar-refractivity contribution in [1.29, 1.82) is 0 Å². The van der Waals surface area contributed by atoms with Crippen LogP contribution in [0.1, 0.15) is 43.2 Å². The van der Waals surface area contributed by atoms with Gasteiger partial charge < -0.3 is 10.1 Å². The van der Waals surface area contributed by atoms with Crippen LogP contribution in [0, 0.1) is 0 Å². The zero-order valence-corrected chi connectivity index (χ0v) is 11.5. The fourth-order valence-corrected chi connectivity index (χ4v) is 3.22. The van der Waals surface area contributed by atoms with Crippen LogP contribution in [-0.2, 0) is 11.2 Å². The van der Waals surface area contributed by atoms with Crippen molar-refractivity contribution in [3.63, 3.8) is 0 Å². The minimum Gasteiger partial charge on any atom is -0.496 e. The highest BCUT2D eigenvalue weighted by molar-refractivity contribution is 7.10. The Bertz CT molecular complexity index is 383.